The monoisotopic (exact) mass is 219 g/mol. The highest BCUT2D eigenvalue weighted by Crippen LogP contribution is 2.22. The third-order valence-corrected chi connectivity index (χ3v) is 2.30. The summed E-state index contributed by atoms with van der Waals surface area (Å²) in [4.78, 5) is 4.23. The van der Waals surface area contributed by atoms with Crippen molar-refractivity contribution < 1.29 is 8.78 Å². The molecule has 2 aromatic rings. The first kappa shape index (κ1) is 10.7. The van der Waals surface area contributed by atoms with E-state index in [1.165, 1.54) is 12.1 Å². The van der Waals surface area contributed by atoms with Gasteiger partial charge in [-0.05, 0) is 43.7 Å². The van der Waals surface area contributed by atoms with Gasteiger partial charge >= 0.3 is 0 Å². The summed E-state index contributed by atoms with van der Waals surface area (Å²) < 4.78 is 26.3. The summed E-state index contributed by atoms with van der Waals surface area (Å²) in [7, 11) is 0. The van der Waals surface area contributed by atoms with Gasteiger partial charge in [0.05, 0.1) is 5.69 Å². The van der Waals surface area contributed by atoms with Crippen LogP contribution in [-0.2, 0) is 0 Å². The van der Waals surface area contributed by atoms with Crippen LogP contribution in [0.25, 0.3) is 11.3 Å². The summed E-state index contributed by atoms with van der Waals surface area (Å²) >= 11 is 0. The second kappa shape index (κ2) is 4.00. The molecule has 0 bridgehead atoms. The van der Waals surface area contributed by atoms with Crippen LogP contribution in [0.4, 0.5) is 8.78 Å². The molecule has 3 heteroatoms. The molecule has 0 saturated carbocycles. The second-order valence-electron chi connectivity index (χ2n) is 3.80. The Hall–Kier alpha value is -1.77. The zero-order valence-electron chi connectivity index (χ0n) is 9.09. The van der Waals surface area contributed by atoms with E-state index in [1.807, 2.05) is 19.9 Å². The average molecular weight is 219 g/mol. The van der Waals surface area contributed by atoms with Gasteiger partial charge < -0.3 is 0 Å². The number of halogens is 2. The fraction of sp³-hybridized carbons (Fsp3) is 0.154. The Balaban J connectivity index is 2.58. The third-order valence-electron chi connectivity index (χ3n) is 2.30. The summed E-state index contributed by atoms with van der Waals surface area (Å²) in [6.07, 6.45) is 0. The molecule has 1 aromatic carbocycles. The summed E-state index contributed by atoms with van der Waals surface area (Å²) in [5.41, 5.74) is 2.69. The number of aryl methyl sites for hydroxylation is 2. The molecule has 0 saturated heterocycles. The van der Waals surface area contributed by atoms with Crippen LogP contribution in [-0.4, -0.2) is 4.98 Å². The molecular weight excluding hydrogens is 208 g/mol. The molecule has 16 heavy (non-hydrogen) atoms. The number of benzene rings is 1. The van der Waals surface area contributed by atoms with E-state index >= 15 is 0 Å². The fourth-order valence-corrected chi connectivity index (χ4v) is 1.68. The first-order chi connectivity index (χ1) is 7.56. The highest BCUT2D eigenvalue weighted by atomic mass is 19.1. The maximum atomic E-state index is 13.5. The lowest BCUT2D eigenvalue weighted by Crippen LogP contribution is -1.92. The van der Waals surface area contributed by atoms with Gasteiger partial charge in [-0.15, -0.1) is 0 Å². The minimum Gasteiger partial charge on any atom is -0.253 e. The molecule has 82 valence electrons. The topological polar surface area (TPSA) is 12.9 Å². The molecule has 0 amide bonds. The van der Waals surface area contributed by atoms with E-state index in [0.717, 1.165) is 17.3 Å². The molecule has 0 aliphatic heterocycles. The first-order valence-corrected chi connectivity index (χ1v) is 4.97. The van der Waals surface area contributed by atoms with Crippen molar-refractivity contribution in [2.45, 2.75) is 13.8 Å². The van der Waals surface area contributed by atoms with Crippen molar-refractivity contribution in [3.05, 3.63) is 53.2 Å². The molecule has 0 radical (unpaired) electrons. The maximum Gasteiger partial charge on any atom is 0.135 e. The van der Waals surface area contributed by atoms with Gasteiger partial charge in [-0.1, -0.05) is 0 Å². The molecular formula is C13H11F2N. The zero-order chi connectivity index (χ0) is 11.7. The summed E-state index contributed by atoms with van der Waals surface area (Å²) in [5, 5.41) is 0. The molecule has 2 rings (SSSR count). The van der Waals surface area contributed by atoms with Crippen molar-refractivity contribution in [3.8, 4) is 11.3 Å². The lowest BCUT2D eigenvalue weighted by molar-refractivity contribution is 0.585. The van der Waals surface area contributed by atoms with Gasteiger partial charge in [-0.25, -0.2) is 8.78 Å². The highest BCUT2D eigenvalue weighted by molar-refractivity contribution is 5.60. The molecule has 0 spiro atoms. The Labute approximate surface area is 92.8 Å². The summed E-state index contributed by atoms with van der Waals surface area (Å²) in [6, 6.07) is 7.20. The lowest BCUT2D eigenvalue weighted by Gasteiger charge is -2.05. The van der Waals surface area contributed by atoms with E-state index in [2.05, 4.69) is 4.98 Å². The number of hydrogen-bond acceptors (Lipinski definition) is 1. The lowest BCUT2D eigenvalue weighted by atomic mass is 10.1. The number of aromatic nitrogens is 1. The molecule has 0 atom stereocenters. The normalized spacial score (nSPS) is 10.5. The first-order valence-electron chi connectivity index (χ1n) is 4.97. The van der Waals surface area contributed by atoms with E-state index in [1.54, 1.807) is 6.07 Å². The van der Waals surface area contributed by atoms with Gasteiger partial charge in [-0.3, -0.25) is 4.98 Å². The van der Waals surface area contributed by atoms with Crippen molar-refractivity contribution >= 4 is 0 Å². The van der Waals surface area contributed by atoms with Gasteiger partial charge in [0.15, 0.2) is 0 Å². The van der Waals surface area contributed by atoms with Crippen LogP contribution in [0.1, 0.15) is 11.3 Å². The van der Waals surface area contributed by atoms with Crippen LogP contribution in [0.3, 0.4) is 0 Å². The number of hydrogen-bond donors (Lipinski definition) is 0. The third kappa shape index (κ3) is 2.08. The van der Waals surface area contributed by atoms with Gasteiger partial charge in [-0.2, -0.15) is 0 Å². The van der Waals surface area contributed by atoms with Crippen molar-refractivity contribution in [2.24, 2.45) is 0 Å². The number of nitrogens with zero attached hydrogens (tertiary/aromatic N) is 1. The minimum atomic E-state index is -0.586. The van der Waals surface area contributed by atoms with Crippen LogP contribution in [0.15, 0.2) is 30.3 Å². The molecule has 0 fully saturated rings. The Bertz CT molecular complexity index is 515. The van der Waals surface area contributed by atoms with Gasteiger partial charge in [0.2, 0.25) is 0 Å². The SMILES string of the molecule is Cc1cc(C)nc(-c2ccc(F)cc2F)c1. The van der Waals surface area contributed by atoms with Crippen molar-refractivity contribution in [1.29, 1.82) is 0 Å². The highest BCUT2D eigenvalue weighted by Gasteiger charge is 2.08. The average Bonchev–Trinajstić information content (AvgIpc) is 2.15. The molecule has 1 nitrogen and oxygen atoms in total. The molecule has 1 aromatic heterocycles. The van der Waals surface area contributed by atoms with E-state index in [0.29, 0.717) is 11.3 Å². The Kier molecular flexibility index (Phi) is 2.69. The molecule has 0 unspecified atom stereocenters. The predicted molar refractivity (Wildman–Crippen MR) is 59.1 cm³/mol. The quantitative estimate of drug-likeness (QED) is 0.713. The minimum absolute atomic E-state index is 0.327. The molecule has 0 aliphatic carbocycles. The second-order valence-corrected chi connectivity index (χ2v) is 3.80. The van der Waals surface area contributed by atoms with Crippen molar-refractivity contribution in [3.63, 3.8) is 0 Å². The van der Waals surface area contributed by atoms with E-state index in [-0.39, 0.29) is 0 Å². The van der Waals surface area contributed by atoms with E-state index < -0.39 is 11.6 Å². The number of pyridine rings is 1. The Morgan fingerprint density at radius 1 is 1.00 bits per heavy atom. The van der Waals surface area contributed by atoms with E-state index in [9.17, 15) is 8.78 Å². The number of rotatable bonds is 1. The van der Waals surface area contributed by atoms with E-state index in [4.69, 9.17) is 0 Å². The van der Waals surface area contributed by atoms with Gasteiger partial charge in [0.25, 0.3) is 0 Å². The van der Waals surface area contributed by atoms with Crippen LogP contribution in [0.5, 0.6) is 0 Å². The fourth-order valence-electron chi connectivity index (χ4n) is 1.68. The zero-order valence-corrected chi connectivity index (χ0v) is 9.09. The van der Waals surface area contributed by atoms with Crippen LogP contribution in [0.2, 0.25) is 0 Å². The molecule has 1 heterocycles. The van der Waals surface area contributed by atoms with Crippen molar-refractivity contribution in [1.82, 2.24) is 4.98 Å². The Morgan fingerprint density at radius 3 is 2.38 bits per heavy atom. The molecule has 0 aliphatic rings. The largest absolute Gasteiger partial charge is 0.253 e. The predicted octanol–water partition coefficient (Wildman–Crippen LogP) is 3.64. The maximum absolute atomic E-state index is 13.5. The standard InChI is InChI=1S/C13H11F2N/c1-8-5-9(2)16-13(6-8)11-4-3-10(14)7-12(11)15/h3-7H,1-2H3. The smallest absolute Gasteiger partial charge is 0.135 e. The van der Waals surface area contributed by atoms with Gasteiger partial charge in [0, 0.05) is 17.3 Å². The summed E-state index contributed by atoms with van der Waals surface area (Å²) in [5.74, 6) is -1.16. The van der Waals surface area contributed by atoms with Crippen molar-refractivity contribution in [2.75, 3.05) is 0 Å². The molecule has 0 N–H and O–H groups in total. The van der Waals surface area contributed by atoms with Crippen LogP contribution < -0.4 is 0 Å². The van der Waals surface area contributed by atoms with Gasteiger partial charge in [0.1, 0.15) is 11.6 Å². The van der Waals surface area contributed by atoms with Crippen LogP contribution in [0, 0.1) is 25.5 Å². The Morgan fingerprint density at radius 2 is 1.75 bits per heavy atom. The van der Waals surface area contributed by atoms with Crippen LogP contribution >= 0.6 is 0 Å². The summed E-state index contributed by atoms with van der Waals surface area (Å²) in [6.45, 7) is 3.76.